The van der Waals surface area contributed by atoms with E-state index in [9.17, 15) is 12.8 Å². The summed E-state index contributed by atoms with van der Waals surface area (Å²) in [6.07, 6.45) is 3.23. The molecule has 1 aliphatic rings. The Morgan fingerprint density at radius 2 is 2.05 bits per heavy atom. The molecule has 0 saturated heterocycles. The van der Waals surface area contributed by atoms with Crippen molar-refractivity contribution in [2.24, 2.45) is 5.73 Å². The van der Waals surface area contributed by atoms with Crippen LogP contribution < -0.4 is 10.5 Å². The molecule has 0 aliphatic heterocycles. The van der Waals surface area contributed by atoms with E-state index in [0.29, 0.717) is 24.0 Å². The second-order valence-electron chi connectivity index (χ2n) is 5.08. The van der Waals surface area contributed by atoms with Crippen molar-refractivity contribution in [1.29, 1.82) is 0 Å². The summed E-state index contributed by atoms with van der Waals surface area (Å²) >= 11 is 0. The third-order valence-electron chi connectivity index (χ3n) is 3.59. The molecule has 0 heterocycles. The molecule has 1 aliphatic carbocycles. The van der Waals surface area contributed by atoms with Crippen LogP contribution in [-0.2, 0) is 16.6 Å². The Morgan fingerprint density at radius 3 is 2.71 bits per heavy atom. The highest BCUT2D eigenvalue weighted by Crippen LogP contribution is 2.24. The maximum Gasteiger partial charge on any atom is 0.214 e. The first-order chi connectivity index (χ1) is 10.0. The van der Waals surface area contributed by atoms with Gasteiger partial charge >= 0.3 is 0 Å². The molecule has 21 heavy (non-hydrogen) atoms. The van der Waals surface area contributed by atoms with E-state index in [1.807, 2.05) is 0 Å². The maximum atomic E-state index is 13.7. The molecule has 0 bridgehead atoms. The summed E-state index contributed by atoms with van der Waals surface area (Å²) in [6.45, 7) is 0.170. The fourth-order valence-corrected chi connectivity index (χ4v) is 3.98. The second kappa shape index (κ2) is 7.03. The Balaban J connectivity index is 2.08. The summed E-state index contributed by atoms with van der Waals surface area (Å²) in [5.41, 5.74) is 6.20. The van der Waals surface area contributed by atoms with Gasteiger partial charge in [-0.1, -0.05) is 24.7 Å². The third kappa shape index (κ3) is 4.27. The summed E-state index contributed by atoms with van der Waals surface area (Å²) in [4.78, 5) is 0. The minimum atomic E-state index is -3.38. The first-order valence-electron chi connectivity index (χ1n) is 6.99. The lowest BCUT2D eigenvalue weighted by molar-refractivity contribution is 0.559. The van der Waals surface area contributed by atoms with Crippen molar-refractivity contribution in [3.63, 3.8) is 0 Å². The predicted octanol–water partition coefficient (Wildman–Crippen LogP) is 1.50. The molecule has 0 spiro atoms. The van der Waals surface area contributed by atoms with E-state index in [4.69, 9.17) is 5.73 Å². The molecular formula is C15H19FN2O2S. The van der Waals surface area contributed by atoms with Crippen molar-refractivity contribution in [3.05, 3.63) is 35.1 Å². The normalized spacial score (nSPS) is 15.7. The lowest BCUT2D eigenvalue weighted by Gasteiger charge is -2.12. The zero-order valence-corrected chi connectivity index (χ0v) is 12.5. The van der Waals surface area contributed by atoms with Crippen LogP contribution in [0.3, 0.4) is 0 Å². The molecule has 4 nitrogen and oxygen atoms in total. The summed E-state index contributed by atoms with van der Waals surface area (Å²) in [7, 11) is -3.38. The van der Waals surface area contributed by atoms with Crippen LogP contribution in [0.15, 0.2) is 18.2 Å². The summed E-state index contributed by atoms with van der Waals surface area (Å²) in [5, 5.41) is -0.347. The lowest BCUT2D eigenvalue weighted by atomic mass is 10.1. The molecule has 0 amide bonds. The van der Waals surface area contributed by atoms with Crippen molar-refractivity contribution in [2.75, 3.05) is 6.54 Å². The Labute approximate surface area is 125 Å². The minimum Gasteiger partial charge on any atom is -0.320 e. The topological polar surface area (TPSA) is 72.2 Å². The van der Waals surface area contributed by atoms with E-state index >= 15 is 0 Å². The van der Waals surface area contributed by atoms with Gasteiger partial charge in [0, 0.05) is 17.7 Å². The van der Waals surface area contributed by atoms with Crippen LogP contribution in [-0.4, -0.2) is 20.2 Å². The monoisotopic (exact) mass is 310 g/mol. The molecule has 1 aromatic carbocycles. The molecule has 0 radical (unpaired) electrons. The quantitative estimate of drug-likeness (QED) is 0.828. The van der Waals surface area contributed by atoms with Crippen molar-refractivity contribution in [2.45, 2.75) is 37.5 Å². The van der Waals surface area contributed by atoms with E-state index in [-0.39, 0.29) is 18.3 Å². The Kier molecular flexibility index (Phi) is 5.34. The first-order valence-corrected chi connectivity index (χ1v) is 8.53. The van der Waals surface area contributed by atoms with Crippen LogP contribution in [0, 0.1) is 17.7 Å². The molecule has 1 fully saturated rings. The Hall–Kier alpha value is -1.42. The number of sulfonamides is 1. The van der Waals surface area contributed by atoms with Gasteiger partial charge in [-0.2, -0.15) is 0 Å². The van der Waals surface area contributed by atoms with Crippen LogP contribution >= 0.6 is 0 Å². The van der Waals surface area contributed by atoms with Crippen LogP contribution in [0.2, 0.25) is 0 Å². The SMILES string of the molecule is NCC#Cc1ccc(F)c(CNS(=O)(=O)C2CCCC2)c1. The number of nitrogens with two attached hydrogens (primary N) is 1. The summed E-state index contributed by atoms with van der Waals surface area (Å²) in [6, 6.07) is 4.39. The number of hydrogen-bond donors (Lipinski definition) is 2. The predicted molar refractivity (Wildman–Crippen MR) is 80.3 cm³/mol. The zero-order valence-electron chi connectivity index (χ0n) is 11.7. The number of benzene rings is 1. The molecule has 2 rings (SSSR count). The van der Waals surface area contributed by atoms with Gasteiger partial charge in [-0.15, -0.1) is 0 Å². The van der Waals surface area contributed by atoms with E-state index in [1.54, 1.807) is 12.1 Å². The van der Waals surface area contributed by atoms with Gasteiger partial charge in [-0.3, -0.25) is 0 Å². The molecule has 1 saturated carbocycles. The zero-order chi connectivity index (χ0) is 15.3. The van der Waals surface area contributed by atoms with E-state index in [2.05, 4.69) is 16.6 Å². The fourth-order valence-electron chi connectivity index (χ4n) is 2.44. The Bertz CT molecular complexity index is 656. The van der Waals surface area contributed by atoms with E-state index in [0.717, 1.165) is 12.8 Å². The van der Waals surface area contributed by atoms with Gasteiger partial charge in [0.05, 0.1) is 11.8 Å². The van der Waals surface area contributed by atoms with Gasteiger partial charge in [0.25, 0.3) is 0 Å². The number of hydrogen-bond acceptors (Lipinski definition) is 3. The van der Waals surface area contributed by atoms with Crippen molar-refractivity contribution < 1.29 is 12.8 Å². The fraction of sp³-hybridized carbons (Fsp3) is 0.467. The smallest absolute Gasteiger partial charge is 0.214 e. The Morgan fingerprint density at radius 1 is 1.33 bits per heavy atom. The standard InChI is InChI=1S/C15H19FN2O2S/c16-15-8-7-12(4-3-9-17)10-13(15)11-18-21(19,20)14-5-1-2-6-14/h7-8,10,14,18H,1-2,5-6,9,11,17H2. The maximum absolute atomic E-state index is 13.7. The molecular weight excluding hydrogens is 291 g/mol. The molecule has 1 aromatic rings. The lowest BCUT2D eigenvalue weighted by Crippen LogP contribution is -2.32. The largest absolute Gasteiger partial charge is 0.320 e. The number of nitrogens with one attached hydrogen (secondary N) is 1. The molecule has 0 unspecified atom stereocenters. The summed E-state index contributed by atoms with van der Waals surface area (Å²) < 4.78 is 40.4. The van der Waals surface area contributed by atoms with Gasteiger partial charge in [-0.05, 0) is 31.0 Å². The molecule has 114 valence electrons. The molecule has 0 aromatic heterocycles. The van der Waals surface area contributed by atoms with Gasteiger partial charge in [0.1, 0.15) is 5.82 Å². The highest BCUT2D eigenvalue weighted by molar-refractivity contribution is 7.90. The van der Waals surface area contributed by atoms with Gasteiger partial charge in [0.2, 0.25) is 10.0 Å². The van der Waals surface area contributed by atoms with Crippen LogP contribution in [0.4, 0.5) is 4.39 Å². The number of halogens is 1. The molecule has 6 heteroatoms. The van der Waals surface area contributed by atoms with Gasteiger partial charge in [-0.25, -0.2) is 17.5 Å². The molecule has 3 N–H and O–H groups in total. The average Bonchev–Trinajstić information content (AvgIpc) is 3.00. The second-order valence-corrected chi connectivity index (χ2v) is 7.13. The highest BCUT2D eigenvalue weighted by atomic mass is 32.2. The van der Waals surface area contributed by atoms with Gasteiger partial charge in [0.15, 0.2) is 0 Å². The summed E-state index contributed by atoms with van der Waals surface area (Å²) in [5.74, 6) is 5.05. The highest BCUT2D eigenvalue weighted by Gasteiger charge is 2.28. The average molecular weight is 310 g/mol. The molecule has 0 atom stereocenters. The van der Waals surface area contributed by atoms with Crippen LogP contribution in [0.25, 0.3) is 0 Å². The number of rotatable bonds is 4. The van der Waals surface area contributed by atoms with Gasteiger partial charge < -0.3 is 5.73 Å². The minimum absolute atomic E-state index is 0.0528. The van der Waals surface area contributed by atoms with Crippen LogP contribution in [0.5, 0.6) is 0 Å². The van der Waals surface area contributed by atoms with E-state index in [1.165, 1.54) is 6.07 Å². The van der Waals surface area contributed by atoms with Crippen LogP contribution in [0.1, 0.15) is 36.8 Å². The van der Waals surface area contributed by atoms with Crippen molar-refractivity contribution in [1.82, 2.24) is 4.72 Å². The van der Waals surface area contributed by atoms with E-state index < -0.39 is 15.8 Å². The van der Waals surface area contributed by atoms with Crippen molar-refractivity contribution >= 4 is 10.0 Å². The first kappa shape index (κ1) is 16.0. The van der Waals surface area contributed by atoms with Crippen molar-refractivity contribution in [3.8, 4) is 11.8 Å². The third-order valence-corrected chi connectivity index (χ3v) is 5.48.